The molecule has 10 nitrogen and oxygen atoms in total. The molecular formula is C26H28N4O6Se2. The van der Waals surface area contributed by atoms with Crippen molar-refractivity contribution in [1.82, 2.24) is 18.4 Å². The molecule has 0 atom stereocenters. The summed E-state index contributed by atoms with van der Waals surface area (Å²) in [4.78, 5) is 0. The fraction of sp³-hybridized carbons (Fsp3) is 0.385. The Morgan fingerprint density at radius 1 is 0.711 bits per heavy atom. The third-order valence-electron chi connectivity index (χ3n) is 6.28. The molecule has 4 aromatic rings. The van der Waals surface area contributed by atoms with Crippen molar-refractivity contribution in [2.75, 3.05) is 28.4 Å². The summed E-state index contributed by atoms with van der Waals surface area (Å²) in [5.41, 5.74) is 2.82. The molecule has 0 bridgehead atoms. The molecule has 4 heterocycles. The molecule has 0 amide bonds. The molecular weight excluding hydrogens is 622 g/mol. The van der Waals surface area contributed by atoms with E-state index >= 15 is 0 Å². The van der Waals surface area contributed by atoms with Crippen molar-refractivity contribution in [2.24, 2.45) is 0 Å². The average molecular weight is 650 g/mol. The monoisotopic (exact) mass is 652 g/mol. The molecule has 0 spiro atoms. The molecule has 2 aliphatic rings. The maximum atomic E-state index is 6.13. The van der Waals surface area contributed by atoms with E-state index in [0.29, 0.717) is 28.7 Å². The molecule has 200 valence electrons. The summed E-state index contributed by atoms with van der Waals surface area (Å²) < 4.78 is 44.4. The molecule has 0 saturated carbocycles. The van der Waals surface area contributed by atoms with E-state index in [1.807, 2.05) is 52.0 Å². The topological polar surface area (TPSA) is 107 Å². The van der Waals surface area contributed by atoms with Crippen LogP contribution in [0.4, 0.5) is 0 Å². The number of ether oxygens (including phenoxy) is 6. The van der Waals surface area contributed by atoms with E-state index in [1.54, 1.807) is 28.4 Å². The van der Waals surface area contributed by atoms with Gasteiger partial charge in [0.2, 0.25) is 0 Å². The van der Waals surface area contributed by atoms with Crippen LogP contribution in [0.15, 0.2) is 24.3 Å². The number of methoxy groups -OCH3 is 4. The molecule has 0 radical (unpaired) electrons. The van der Waals surface area contributed by atoms with E-state index < -0.39 is 5.60 Å². The van der Waals surface area contributed by atoms with Crippen LogP contribution in [-0.4, -0.2) is 76.3 Å². The van der Waals surface area contributed by atoms with Crippen LogP contribution in [0, 0.1) is 0 Å². The van der Waals surface area contributed by atoms with Crippen molar-refractivity contribution in [3.63, 3.8) is 0 Å². The van der Waals surface area contributed by atoms with Crippen LogP contribution in [0.25, 0.3) is 22.5 Å². The normalized spacial score (nSPS) is 15.2. The van der Waals surface area contributed by atoms with Crippen molar-refractivity contribution < 1.29 is 28.4 Å². The second-order valence-electron chi connectivity index (χ2n) is 9.51. The van der Waals surface area contributed by atoms with Crippen molar-refractivity contribution in [3.05, 3.63) is 33.1 Å². The number of benzene rings is 2. The number of hydrogen-bond acceptors (Lipinski definition) is 10. The molecule has 0 aliphatic carbocycles. The Bertz CT molecular complexity index is 1500. The van der Waals surface area contributed by atoms with Gasteiger partial charge in [-0.05, 0) is 0 Å². The van der Waals surface area contributed by atoms with Crippen LogP contribution in [0.3, 0.4) is 0 Å². The molecule has 2 aromatic carbocycles. The van der Waals surface area contributed by atoms with Crippen LogP contribution in [0.5, 0.6) is 34.5 Å². The van der Waals surface area contributed by atoms with Crippen LogP contribution in [0.1, 0.15) is 36.6 Å². The van der Waals surface area contributed by atoms with Gasteiger partial charge < -0.3 is 0 Å². The third kappa shape index (κ3) is 4.35. The first-order chi connectivity index (χ1) is 18.1. The Morgan fingerprint density at radius 3 is 1.97 bits per heavy atom. The number of aromatic nitrogens is 4. The number of nitrogens with zero attached hydrogens (tertiary/aromatic N) is 4. The van der Waals surface area contributed by atoms with Gasteiger partial charge in [-0.3, -0.25) is 0 Å². The van der Waals surface area contributed by atoms with Gasteiger partial charge in [0.1, 0.15) is 0 Å². The molecule has 2 aromatic heterocycles. The first-order valence-corrected chi connectivity index (χ1v) is 14.9. The van der Waals surface area contributed by atoms with Gasteiger partial charge in [0, 0.05) is 0 Å². The zero-order chi connectivity index (χ0) is 27.2. The average Bonchev–Trinajstić information content (AvgIpc) is 3.59. The third-order valence-corrected chi connectivity index (χ3v) is 10.6. The Balaban J connectivity index is 0.000000155. The van der Waals surface area contributed by atoms with Crippen LogP contribution < -0.4 is 28.4 Å². The Kier molecular flexibility index (Phi) is 6.94. The Labute approximate surface area is 233 Å². The molecule has 38 heavy (non-hydrogen) atoms. The van der Waals surface area contributed by atoms with Gasteiger partial charge in [0.25, 0.3) is 0 Å². The van der Waals surface area contributed by atoms with Crippen molar-refractivity contribution >= 4 is 29.5 Å². The predicted octanol–water partition coefficient (Wildman–Crippen LogP) is 3.69. The summed E-state index contributed by atoms with van der Waals surface area (Å²) in [7, 11) is 6.48. The fourth-order valence-electron chi connectivity index (χ4n) is 4.48. The van der Waals surface area contributed by atoms with E-state index in [0.717, 1.165) is 32.7 Å². The summed E-state index contributed by atoms with van der Waals surface area (Å²) in [6.45, 7) is 8.13. The Hall–Kier alpha value is -3.04. The van der Waals surface area contributed by atoms with E-state index in [9.17, 15) is 0 Å². The summed E-state index contributed by atoms with van der Waals surface area (Å²) in [6.07, 6.45) is 0. The molecule has 6 rings (SSSR count). The van der Waals surface area contributed by atoms with Crippen molar-refractivity contribution in [1.29, 1.82) is 0 Å². The number of hydrogen-bond donors (Lipinski definition) is 0. The van der Waals surface area contributed by atoms with E-state index in [2.05, 4.69) is 18.4 Å². The summed E-state index contributed by atoms with van der Waals surface area (Å²) in [5, 5.41) is 8.57. The SMILES string of the molecule is COc1cc(OC)c2c(c1)OC(C)(C)c1[se]nnc1-2.COc1ccc2c(c1OC)OC(C)(C)c1[se]nnc1-2. The predicted molar refractivity (Wildman–Crippen MR) is 142 cm³/mol. The van der Waals surface area contributed by atoms with Crippen LogP contribution in [-0.2, 0) is 11.2 Å². The summed E-state index contributed by atoms with van der Waals surface area (Å²) >= 11 is 0.0190. The first-order valence-electron chi connectivity index (χ1n) is 11.7. The molecule has 2 aliphatic heterocycles. The molecule has 0 fully saturated rings. The molecule has 0 unspecified atom stereocenters. The maximum absolute atomic E-state index is 6.13. The van der Waals surface area contributed by atoms with E-state index in [4.69, 9.17) is 28.4 Å². The quantitative estimate of drug-likeness (QED) is 0.304. The standard InChI is InChI=1S/2C13H14N2O3Se/c1-13(2)12-11(14-15-19-12)10-8(17-4)5-7(16-3)6-9(10)18-13;1-13(2)12-9(14-15-19-12)7-5-6-8(16-3)11(17-4)10(7)18-13/h2*5-6H,1-4H3. The molecule has 12 heteroatoms. The van der Waals surface area contributed by atoms with Gasteiger partial charge in [0.05, 0.1) is 0 Å². The van der Waals surface area contributed by atoms with Crippen LogP contribution >= 0.6 is 0 Å². The van der Waals surface area contributed by atoms with Gasteiger partial charge in [-0.2, -0.15) is 0 Å². The fourth-order valence-corrected chi connectivity index (χ4v) is 7.41. The van der Waals surface area contributed by atoms with E-state index in [1.165, 1.54) is 4.44 Å². The summed E-state index contributed by atoms with van der Waals surface area (Å²) in [5.74, 6) is 4.08. The van der Waals surface area contributed by atoms with Gasteiger partial charge >= 0.3 is 234 Å². The van der Waals surface area contributed by atoms with Crippen LogP contribution in [0.2, 0.25) is 0 Å². The zero-order valence-corrected chi connectivity index (χ0v) is 25.8. The minimum atomic E-state index is -0.411. The van der Waals surface area contributed by atoms with Crippen molar-refractivity contribution in [3.8, 4) is 57.0 Å². The second kappa shape index (κ2) is 9.93. The van der Waals surface area contributed by atoms with Crippen molar-refractivity contribution in [2.45, 2.75) is 38.9 Å². The van der Waals surface area contributed by atoms with Gasteiger partial charge in [-0.1, -0.05) is 0 Å². The number of rotatable bonds is 4. The molecule has 0 N–H and O–H groups in total. The van der Waals surface area contributed by atoms with Gasteiger partial charge in [-0.25, -0.2) is 0 Å². The minimum absolute atomic E-state index is 0.00145. The Morgan fingerprint density at radius 2 is 1.34 bits per heavy atom. The van der Waals surface area contributed by atoms with E-state index in [-0.39, 0.29) is 35.1 Å². The zero-order valence-electron chi connectivity index (χ0n) is 22.4. The summed E-state index contributed by atoms with van der Waals surface area (Å²) in [6, 6.07) is 7.52. The van der Waals surface area contributed by atoms with Gasteiger partial charge in [0.15, 0.2) is 0 Å². The first kappa shape index (κ1) is 26.6. The number of fused-ring (bicyclic) bond motifs is 6. The molecule has 0 saturated heterocycles. The van der Waals surface area contributed by atoms with Gasteiger partial charge in [-0.15, -0.1) is 0 Å². The second-order valence-corrected chi connectivity index (χ2v) is 12.7.